The van der Waals surface area contributed by atoms with Crippen LogP contribution < -0.4 is 0 Å². The zero-order valence-electron chi connectivity index (χ0n) is 11.1. The minimum atomic E-state index is -0.867. The Morgan fingerprint density at radius 2 is 1.95 bits per heavy atom. The second kappa shape index (κ2) is 5.55. The van der Waals surface area contributed by atoms with Crippen molar-refractivity contribution in [3.8, 4) is 0 Å². The van der Waals surface area contributed by atoms with Crippen LogP contribution in [0.3, 0.4) is 0 Å². The van der Waals surface area contributed by atoms with E-state index in [0.717, 1.165) is 18.4 Å². The highest BCUT2D eigenvalue weighted by atomic mass is 35.5. The van der Waals surface area contributed by atoms with Crippen LogP contribution in [0.15, 0.2) is 36.4 Å². The summed E-state index contributed by atoms with van der Waals surface area (Å²) >= 11 is 5.75. The molecule has 0 aliphatic heterocycles. The molecule has 1 unspecified atom stereocenters. The smallest absolute Gasteiger partial charge is 0.147 e. The molecule has 0 heterocycles. The normalized spacial score (nSPS) is 15.2. The lowest BCUT2D eigenvalue weighted by Crippen LogP contribution is -2.05. The van der Waals surface area contributed by atoms with Crippen molar-refractivity contribution in [2.45, 2.75) is 31.8 Å². The van der Waals surface area contributed by atoms with Crippen molar-refractivity contribution < 1.29 is 9.50 Å². The van der Waals surface area contributed by atoms with E-state index in [-0.39, 0.29) is 10.6 Å². The van der Waals surface area contributed by atoms with Crippen LogP contribution in [0, 0.1) is 5.82 Å². The van der Waals surface area contributed by atoms with Crippen molar-refractivity contribution in [3.05, 3.63) is 69.5 Å². The van der Waals surface area contributed by atoms with Gasteiger partial charge in [-0.2, -0.15) is 0 Å². The van der Waals surface area contributed by atoms with Gasteiger partial charge < -0.3 is 5.11 Å². The molecule has 3 heteroatoms. The van der Waals surface area contributed by atoms with E-state index in [1.54, 1.807) is 12.1 Å². The summed E-state index contributed by atoms with van der Waals surface area (Å²) < 4.78 is 13.9. The fraction of sp³-hybridized carbons (Fsp3) is 0.294. The molecule has 0 spiro atoms. The summed E-state index contributed by atoms with van der Waals surface area (Å²) in [4.78, 5) is 0. The SMILES string of the molecule is OC(Cc1ccc2c(c1)CCC2)c1cccc(Cl)c1F. The molecule has 0 amide bonds. The Labute approximate surface area is 123 Å². The maximum Gasteiger partial charge on any atom is 0.147 e. The van der Waals surface area contributed by atoms with Gasteiger partial charge in [-0.25, -0.2) is 4.39 Å². The van der Waals surface area contributed by atoms with Crippen LogP contribution in [0.4, 0.5) is 4.39 Å². The van der Waals surface area contributed by atoms with Crippen molar-refractivity contribution >= 4 is 11.6 Å². The fourth-order valence-electron chi connectivity index (χ4n) is 2.86. The summed E-state index contributed by atoms with van der Waals surface area (Å²) in [5.41, 5.74) is 4.06. The van der Waals surface area contributed by atoms with Gasteiger partial charge in [-0.15, -0.1) is 0 Å². The minimum absolute atomic E-state index is 0.0514. The van der Waals surface area contributed by atoms with E-state index in [9.17, 15) is 9.50 Å². The van der Waals surface area contributed by atoms with Gasteiger partial charge in [-0.05, 0) is 42.0 Å². The molecule has 0 aromatic heterocycles. The molecule has 0 radical (unpaired) electrons. The largest absolute Gasteiger partial charge is 0.388 e. The quantitative estimate of drug-likeness (QED) is 0.896. The van der Waals surface area contributed by atoms with Gasteiger partial charge in [0.25, 0.3) is 0 Å². The molecule has 1 N–H and O–H groups in total. The summed E-state index contributed by atoms with van der Waals surface area (Å²) in [5.74, 6) is -0.525. The zero-order chi connectivity index (χ0) is 14.1. The van der Waals surface area contributed by atoms with Crippen molar-refractivity contribution in [2.75, 3.05) is 0 Å². The van der Waals surface area contributed by atoms with Crippen LogP contribution in [0.5, 0.6) is 0 Å². The first-order valence-electron chi connectivity index (χ1n) is 6.88. The van der Waals surface area contributed by atoms with Crippen LogP contribution in [-0.4, -0.2) is 5.11 Å². The lowest BCUT2D eigenvalue weighted by molar-refractivity contribution is 0.173. The van der Waals surface area contributed by atoms with Gasteiger partial charge in [-0.3, -0.25) is 0 Å². The van der Waals surface area contributed by atoms with Crippen molar-refractivity contribution in [2.24, 2.45) is 0 Å². The molecule has 2 aromatic carbocycles. The van der Waals surface area contributed by atoms with E-state index in [4.69, 9.17) is 11.6 Å². The third kappa shape index (κ3) is 2.58. The highest BCUT2D eigenvalue weighted by molar-refractivity contribution is 6.30. The molecule has 1 aliphatic carbocycles. The van der Waals surface area contributed by atoms with Gasteiger partial charge in [0.1, 0.15) is 5.82 Å². The van der Waals surface area contributed by atoms with Crippen LogP contribution in [0.25, 0.3) is 0 Å². The molecule has 0 saturated heterocycles. The zero-order valence-corrected chi connectivity index (χ0v) is 11.8. The van der Waals surface area contributed by atoms with Gasteiger partial charge in [0.15, 0.2) is 0 Å². The van der Waals surface area contributed by atoms with Crippen LogP contribution in [0.2, 0.25) is 5.02 Å². The van der Waals surface area contributed by atoms with Crippen molar-refractivity contribution in [1.82, 2.24) is 0 Å². The predicted octanol–water partition coefficient (Wildman–Crippen LogP) is 4.24. The van der Waals surface area contributed by atoms with E-state index < -0.39 is 11.9 Å². The standard InChI is InChI=1S/C17H16ClFO/c18-15-6-2-5-14(17(15)19)16(20)10-11-7-8-12-3-1-4-13(12)9-11/h2,5-9,16,20H,1,3-4,10H2. The lowest BCUT2D eigenvalue weighted by atomic mass is 9.98. The monoisotopic (exact) mass is 290 g/mol. The summed E-state index contributed by atoms with van der Waals surface area (Å²) in [6.45, 7) is 0. The Hall–Kier alpha value is -1.38. The highest BCUT2D eigenvalue weighted by Gasteiger charge is 2.17. The summed E-state index contributed by atoms with van der Waals surface area (Å²) in [6.07, 6.45) is 2.98. The Balaban J connectivity index is 1.82. The van der Waals surface area contributed by atoms with Crippen LogP contribution in [0.1, 0.15) is 34.8 Å². The second-order valence-electron chi connectivity index (χ2n) is 5.32. The average molecular weight is 291 g/mol. The molecule has 3 rings (SSSR count). The third-order valence-corrected chi connectivity index (χ3v) is 4.22. The molecule has 0 saturated carbocycles. The topological polar surface area (TPSA) is 20.2 Å². The van der Waals surface area contributed by atoms with Crippen LogP contribution >= 0.6 is 11.6 Å². The van der Waals surface area contributed by atoms with Crippen LogP contribution in [-0.2, 0) is 19.3 Å². The van der Waals surface area contributed by atoms with E-state index in [0.29, 0.717) is 6.42 Å². The Kier molecular flexibility index (Phi) is 3.77. The number of fused-ring (bicyclic) bond motifs is 1. The summed E-state index contributed by atoms with van der Waals surface area (Å²) in [6, 6.07) is 11.0. The van der Waals surface area contributed by atoms with E-state index in [1.807, 2.05) is 6.07 Å². The minimum Gasteiger partial charge on any atom is -0.388 e. The van der Waals surface area contributed by atoms with Crippen molar-refractivity contribution in [3.63, 3.8) is 0 Å². The molecule has 1 aliphatic rings. The van der Waals surface area contributed by atoms with E-state index in [1.165, 1.54) is 23.6 Å². The second-order valence-corrected chi connectivity index (χ2v) is 5.73. The van der Waals surface area contributed by atoms with Gasteiger partial charge >= 0.3 is 0 Å². The molecule has 0 bridgehead atoms. The van der Waals surface area contributed by atoms with E-state index in [2.05, 4.69) is 12.1 Å². The van der Waals surface area contributed by atoms with Crippen molar-refractivity contribution in [1.29, 1.82) is 0 Å². The number of rotatable bonds is 3. The number of benzene rings is 2. The molecule has 2 aromatic rings. The summed E-state index contributed by atoms with van der Waals surface area (Å²) in [7, 11) is 0. The first-order valence-corrected chi connectivity index (χ1v) is 7.25. The first kappa shape index (κ1) is 13.6. The Morgan fingerprint density at radius 1 is 1.15 bits per heavy atom. The molecule has 1 nitrogen and oxygen atoms in total. The maximum absolute atomic E-state index is 13.9. The average Bonchev–Trinajstić information content (AvgIpc) is 2.89. The van der Waals surface area contributed by atoms with Gasteiger partial charge in [0, 0.05) is 12.0 Å². The molecular formula is C17H16ClFO. The first-order chi connectivity index (χ1) is 9.65. The van der Waals surface area contributed by atoms with Gasteiger partial charge in [0.05, 0.1) is 11.1 Å². The van der Waals surface area contributed by atoms with Gasteiger partial charge in [-0.1, -0.05) is 41.9 Å². The molecule has 20 heavy (non-hydrogen) atoms. The third-order valence-electron chi connectivity index (χ3n) is 3.93. The Bertz CT molecular complexity index is 639. The predicted molar refractivity (Wildman–Crippen MR) is 78.5 cm³/mol. The van der Waals surface area contributed by atoms with E-state index >= 15 is 0 Å². The molecular weight excluding hydrogens is 275 g/mol. The lowest BCUT2D eigenvalue weighted by Gasteiger charge is -2.13. The number of aliphatic hydroxyl groups is 1. The highest BCUT2D eigenvalue weighted by Crippen LogP contribution is 2.28. The Morgan fingerprint density at radius 3 is 2.80 bits per heavy atom. The molecule has 104 valence electrons. The number of hydrogen-bond acceptors (Lipinski definition) is 1. The number of aliphatic hydroxyl groups excluding tert-OH is 1. The number of halogens is 2. The maximum atomic E-state index is 13.9. The molecule has 1 atom stereocenters. The number of aryl methyl sites for hydroxylation is 2. The van der Waals surface area contributed by atoms with Gasteiger partial charge in [0.2, 0.25) is 0 Å². The molecule has 0 fully saturated rings. The number of hydrogen-bond donors (Lipinski definition) is 1. The summed E-state index contributed by atoms with van der Waals surface area (Å²) in [5, 5.41) is 10.3. The fourth-order valence-corrected chi connectivity index (χ4v) is 3.05.